The molecule has 72 valence electrons. The summed E-state index contributed by atoms with van der Waals surface area (Å²) in [7, 11) is 2.24. The van der Waals surface area contributed by atoms with E-state index in [9.17, 15) is 0 Å². The summed E-state index contributed by atoms with van der Waals surface area (Å²) >= 11 is 0. The van der Waals surface area contributed by atoms with Crippen LogP contribution in [0.4, 0.5) is 0 Å². The standard InChI is InChI=1S/C10H22N2/c1-4-9(5-2)12(3)10-6-8(11)7-10/h8-10H,4-7,11H2,1-3H3. The van der Waals surface area contributed by atoms with Crippen LogP contribution in [0.1, 0.15) is 39.5 Å². The minimum Gasteiger partial charge on any atom is -0.328 e. The SMILES string of the molecule is CCC(CC)N(C)C1CC(N)C1. The van der Waals surface area contributed by atoms with Gasteiger partial charge in [0, 0.05) is 18.1 Å². The Morgan fingerprint density at radius 3 is 2.17 bits per heavy atom. The summed E-state index contributed by atoms with van der Waals surface area (Å²) in [4.78, 5) is 2.52. The molecule has 0 unspecified atom stereocenters. The number of hydrogen-bond donors (Lipinski definition) is 1. The Balaban J connectivity index is 2.30. The molecule has 0 heterocycles. The van der Waals surface area contributed by atoms with E-state index < -0.39 is 0 Å². The van der Waals surface area contributed by atoms with E-state index in [1.807, 2.05) is 0 Å². The van der Waals surface area contributed by atoms with E-state index in [0.29, 0.717) is 6.04 Å². The molecule has 0 aromatic rings. The monoisotopic (exact) mass is 170 g/mol. The van der Waals surface area contributed by atoms with Crippen molar-refractivity contribution in [3.05, 3.63) is 0 Å². The van der Waals surface area contributed by atoms with Crippen molar-refractivity contribution < 1.29 is 0 Å². The topological polar surface area (TPSA) is 29.3 Å². The van der Waals surface area contributed by atoms with Crippen LogP contribution in [-0.4, -0.2) is 30.1 Å². The molecule has 2 N–H and O–H groups in total. The Morgan fingerprint density at radius 1 is 1.33 bits per heavy atom. The van der Waals surface area contributed by atoms with Gasteiger partial charge in [-0.2, -0.15) is 0 Å². The molecule has 0 amide bonds. The summed E-state index contributed by atoms with van der Waals surface area (Å²) in [6.07, 6.45) is 4.93. The van der Waals surface area contributed by atoms with Crippen molar-refractivity contribution in [1.29, 1.82) is 0 Å². The van der Waals surface area contributed by atoms with Gasteiger partial charge in [-0.1, -0.05) is 13.8 Å². The van der Waals surface area contributed by atoms with Crippen molar-refractivity contribution in [2.24, 2.45) is 5.73 Å². The molecule has 1 fully saturated rings. The molecular formula is C10H22N2. The molecule has 0 saturated heterocycles. The molecule has 12 heavy (non-hydrogen) atoms. The summed E-state index contributed by atoms with van der Waals surface area (Å²) in [5, 5.41) is 0. The summed E-state index contributed by atoms with van der Waals surface area (Å²) in [5.74, 6) is 0. The van der Waals surface area contributed by atoms with Crippen LogP contribution in [0.2, 0.25) is 0 Å². The lowest BCUT2D eigenvalue weighted by Gasteiger charge is -2.43. The van der Waals surface area contributed by atoms with Gasteiger partial charge in [0.15, 0.2) is 0 Å². The highest BCUT2D eigenvalue weighted by Crippen LogP contribution is 2.25. The highest BCUT2D eigenvalue weighted by Gasteiger charge is 2.31. The molecule has 0 bridgehead atoms. The van der Waals surface area contributed by atoms with Gasteiger partial charge in [-0.15, -0.1) is 0 Å². The molecule has 0 aromatic carbocycles. The summed E-state index contributed by atoms with van der Waals surface area (Å²) in [6, 6.07) is 2.01. The van der Waals surface area contributed by atoms with E-state index in [-0.39, 0.29) is 0 Å². The van der Waals surface area contributed by atoms with Crippen LogP contribution < -0.4 is 5.73 Å². The third kappa shape index (κ3) is 1.99. The molecule has 2 heteroatoms. The number of nitrogens with two attached hydrogens (primary N) is 1. The fourth-order valence-corrected chi connectivity index (χ4v) is 2.13. The van der Waals surface area contributed by atoms with Crippen molar-refractivity contribution >= 4 is 0 Å². The highest BCUT2D eigenvalue weighted by molar-refractivity contribution is 4.90. The second-order valence-corrected chi connectivity index (χ2v) is 4.02. The van der Waals surface area contributed by atoms with Gasteiger partial charge in [0.25, 0.3) is 0 Å². The van der Waals surface area contributed by atoms with E-state index in [1.54, 1.807) is 0 Å². The summed E-state index contributed by atoms with van der Waals surface area (Å²) in [5.41, 5.74) is 5.76. The molecule has 1 aliphatic carbocycles. The number of nitrogens with zero attached hydrogens (tertiary/aromatic N) is 1. The van der Waals surface area contributed by atoms with Crippen molar-refractivity contribution in [2.45, 2.75) is 57.7 Å². The largest absolute Gasteiger partial charge is 0.328 e. The molecule has 1 aliphatic rings. The maximum Gasteiger partial charge on any atom is 0.0125 e. The van der Waals surface area contributed by atoms with Gasteiger partial charge < -0.3 is 10.6 Å². The predicted molar refractivity (Wildman–Crippen MR) is 53.1 cm³/mol. The van der Waals surface area contributed by atoms with Gasteiger partial charge in [-0.25, -0.2) is 0 Å². The first kappa shape index (κ1) is 10.0. The van der Waals surface area contributed by atoms with Gasteiger partial charge in [0.2, 0.25) is 0 Å². The second-order valence-electron chi connectivity index (χ2n) is 4.02. The molecule has 0 radical (unpaired) electrons. The Kier molecular flexibility index (Phi) is 3.53. The van der Waals surface area contributed by atoms with E-state index in [1.165, 1.54) is 25.7 Å². The Hall–Kier alpha value is -0.0800. The minimum atomic E-state index is 0.479. The van der Waals surface area contributed by atoms with Crippen LogP contribution in [0.3, 0.4) is 0 Å². The first-order chi connectivity index (χ1) is 5.69. The maximum atomic E-state index is 5.76. The zero-order chi connectivity index (χ0) is 9.14. The van der Waals surface area contributed by atoms with Gasteiger partial charge in [-0.05, 0) is 32.7 Å². The van der Waals surface area contributed by atoms with E-state index in [4.69, 9.17) is 5.73 Å². The number of rotatable bonds is 4. The molecule has 0 spiro atoms. The zero-order valence-electron chi connectivity index (χ0n) is 8.59. The van der Waals surface area contributed by atoms with E-state index in [0.717, 1.165) is 12.1 Å². The highest BCUT2D eigenvalue weighted by atomic mass is 15.2. The average molecular weight is 170 g/mol. The lowest BCUT2D eigenvalue weighted by atomic mass is 9.85. The first-order valence-electron chi connectivity index (χ1n) is 5.16. The van der Waals surface area contributed by atoms with Crippen LogP contribution in [0, 0.1) is 0 Å². The fraction of sp³-hybridized carbons (Fsp3) is 1.00. The third-order valence-electron chi connectivity index (χ3n) is 3.24. The lowest BCUT2D eigenvalue weighted by Crippen LogP contribution is -2.52. The smallest absolute Gasteiger partial charge is 0.0125 e. The van der Waals surface area contributed by atoms with Crippen LogP contribution in [-0.2, 0) is 0 Å². The van der Waals surface area contributed by atoms with Gasteiger partial charge >= 0.3 is 0 Å². The van der Waals surface area contributed by atoms with E-state index in [2.05, 4.69) is 25.8 Å². The average Bonchev–Trinajstić information content (AvgIpc) is 2.01. The second kappa shape index (κ2) is 4.24. The molecule has 0 aliphatic heterocycles. The van der Waals surface area contributed by atoms with Crippen LogP contribution in [0.25, 0.3) is 0 Å². The predicted octanol–water partition coefficient (Wildman–Crippen LogP) is 1.60. The number of hydrogen-bond acceptors (Lipinski definition) is 2. The molecule has 1 saturated carbocycles. The maximum absolute atomic E-state index is 5.76. The normalized spacial score (nSPS) is 29.5. The quantitative estimate of drug-likeness (QED) is 0.694. The fourth-order valence-electron chi connectivity index (χ4n) is 2.13. The first-order valence-corrected chi connectivity index (χ1v) is 5.16. The Labute approximate surface area is 76.1 Å². The molecule has 1 rings (SSSR count). The van der Waals surface area contributed by atoms with Crippen molar-refractivity contribution in [2.75, 3.05) is 7.05 Å². The minimum absolute atomic E-state index is 0.479. The van der Waals surface area contributed by atoms with Crippen molar-refractivity contribution in [1.82, 2.24) is 4.90 Å². The zero-order valence-corrected chi connectivity index (χ0v) is 8.59. The van der Waals surface area contributed by atoms with E-state index >= 15 is 0 Å². The summed E-state index contributed by atoms with van der Waals surface area (Å²) < 4.78 is 0. The molecule has 0 atom stereocenters. The van der Waals surface area contributed by atoms with Crippen LogP contribution in [0.15, 0.2) is 0 Å². The Morgan fingerprint density at radius 2 is 1.83 bits per heavy atom. The molecule has 0 aromatic heterocycles. The van der Waals surface area contributed by atoms with Crippen molar-refractivity contribution in [3.8, 4) is 0 Å². The lowest BCUT2D eigenvalue weighted by molar-refractivity contribution is 0.0904. The van der Waals surface area contributed by atoms with Crippen LogP contribution in [0.5, 0.6) is 0 Å². The van der Waals surface area contributed by atoms with Gasteiger partial charge in [0.05, 0.1) is 0 Å². The summed E-state index contributed by atoms with van der Waals surface area (Å²) in [6.45, 7) is 4.53. The van der Waals surface area contributed by atoms with Crippen molar-refractivity contribution in [3.63, 3.8) is 0 Å². The molecular weight excluding hydrogens is 148 g/mol. The van der Waals surface area contributed by atoms with Gasteiger partial charge in [0.1, 0.15) is 0 Å². The Bertz CT molecular complexity index is 126. The van der Waals surface area contributed by atoms with Gasteiger partial charge in [-0.3, -0.25) is 0 Å². The molecule has 2 nitrogen and oxygen atoms in total. The third-order valence-corrected chi connectivity index (χ3v) is 3.24. The van der Waals surface area contributed by atoms with Crippen LogP contribution >= 0.6 is 0 Å².